The second kappa shape index (κ2) is 11.8. The first kappa shape index (κ1) is 28.8. The van der Waals surface area contributed by atoms with Crippen molar-refractivity contribution in [1.29, 1.82) is 0 Å². The van der Waals surface area contributed by atoms with Gasteiger partial charge in [-0.3, -0.25) is 4.79 Å². The monoisotopic (exact) mass is 540 g/mol. The van der Waals surface area contributed by atoms with Gasteiger partial charge in [0.2, 0.25) is 5.91 Å². The van der Waals surface area contributed by atoms with Gasteiger partial charge in [-0.05, 0) is 56.9 Å². The van der Waals surface area contributed by atoms with Crippen LogP contribution in [0.2, 0.25) is 0 Å². The van der Waals surface area contributed by atoms with E-state index in [-0.39, 0.29) is 30.0 Å². The van der Waals surface area contributed by atoms with Crippen LogP contribution in [0.15, 0.2) is 47.4 Å². The Bertz CT molecular complexity index is 1190. The third-order valence-electron chi connectivity index (χ3n) is 6.54. The maximum absolute atomic E-state index is 13.2. The topological polar surface area (TPSA) is 66.9 Å². The maximum Gasteiger partial charge on any atom is 0.416 e. The van der Waals surface area contributed by atoms with Crippen molar-refractivity contribution in [2.24, 2.45) is 11.8 Å². The molecule has 0 heterocycles. The second-order valence-electron chi connectivity index (χ2n) is 9.77. The summed E-state index contributed by atoms with van der Waals surface area (Å²) in [5.41, 5.74) is 0.104. The largest absolute Gasteiger partial charge is 0.416 e. The summed E-state index contributed by atoms with van der Waals surface area (Å²) in [5, 5.41) is 0. The van der Waals surface area contributed by atoms with E-state index in [1.165, 1.54) is 0 Å². The van der Waals surface area contributed by atoms with Gasteiger partial charge in [0.25, 0.3) is 0 Å². The first-order valence-electron chi connectivity index (χ1n) is 12.6. The summed E-state index contributed by atoms with van der Waals surface area (Å²) in [4.78, 5) is 16.3. The van der Waals surface area contributed by atoms with Gasteiger partial charge in [0, 0.05) is 49.4 Å². The molecule has 0 aliphatic heterocycles. The van der Waals surface area contributed by atoms with Gasteiger partial charge in [-0.15, -0.1) is 0 Å². The van der Waals surface area contributed by atoms with Crippen LogP contribution in [-0.4, -0.2) is 38.9 Å². The molecule has 0 saturated heterocycles. The van der Waals surface area contributed by atoms with Crippen LogP contribution >= 0.6 is 0 Å². The maximum atomic E-state index is 13.2. The van der Waals surface area contributed by atoms with E-state index in [0.717, 1.165) is 37.5 Å². The lowest BCUT2D eigenvalue weighted by Crippen LogP contribution is -2.40. The van der Waals surface area contributed by atoms with Gasteiger partial charge in [-0.1, -0.05) is 32.4 Å². The number of rotatable bonds is 11. The van der Waals surface area contributed by atoms with E-state index in [2.05, 4.69) is 0 Å². The van der Waals surface area contributed by atoms with Gasteiger partial charge in [0.1, 0.15) is 10.6 Å². The van der Waals surface area contributed by atoms with E-state index in [4.69, 9.17) is 4.18 Å². The lowest BCUT2D eigenvalue weighted by atomic mass is 9.84. The molecule has 0 spiro atoms. The normalized spacial score (nSPS) is 14.4. The van der Waals surface area contributed by atoms with Gasteiger partial charge in [-0.2, -0.15) is 21.6 Å². The summed E-state index contributed by atoms with van der Waals surface area (Å²) in [6.07, 6.45) is -2.02. The SMILES string of the molecule is CCN(CC)c1ccc(CN(CC(C)C)C(=O)C2CCC2)c(OS(=O)(=O)c2cccc(C(F)(F)F)c2)c1. The van der Waals surface area contributed by atoms with Crippen molar-refractivity contribution in [3.63, 3.8) is 0 Å². The Balaban J connectivity index is 2.01. The molecule has 0 N–H and O–H groups in total. The first-order valence-corrected chi connectivity index (χ1v) is 14.0. The van der Waals surface area contributed by atoms with Gasteiger partial charge in [-0.25, -0.2) is 0 Å². The van der Waals surface area contributed by atoms with Crippen LogP contribution in [0.5, 0.6) is 5.75 Å². The number of anilines is 1. The van der Waals surface area contributed by atoms with Crippen LogP contribution in [0.25, 0.3) is 0 Å². The highest BCUT2D eigenvalue weighted by Gasteiger charge is 2.33. The zero-order valence-corrected chi connectivity index (χ0v) is 22.5. The molecule has 0 aromatic heterocycles. The molecule has 37 heavy (non-hydrogen) atoms. The van der Waals surface area contributed by atoms with Gasteiger partial charge in [0.05, 0.1) is 5.56 Å². The zero-order valence-electron chi connectivity index (χ0n) is 21.7. The Morgan fingerprint density at radius 1 is 1.08 bits per heavy atom. The van der Waals surface area contributed by atoms with Crippen LogP contribution in [0, 0.1) is 11.8 Å². The zero-order chi connectivity index (χ0) is 27.4. The third kappa shape index (κ3) is 7.18. The predicted octanol–water partition coefficient (Wildman–Crippen LogP) is 6.10. The molecule has 0 atom stereocenters. The first-order chi connectivity index (χ1) is 17.4. The highest BCUT2D eigenvalue weighted by molar-refractivity contribution is 7.87. The Morgan fingerprint density at radius 3 is 2.30 bits per heavy atom. The Kier molecular flexibility index (Phi) is 9.15. The molecule has 1 aliphatic rings. The number of carbonyl (C=O) groups excluding carboxylic acids is 1. The van der Waals surface area contributed by atoms with Crippen LogP contribution in [0.3, 0.4) is 0 Å². The summed E-state index contributed by atoms with van der Waals surface area (Å²) in [6, 6.07) is 8.63. The summed E-state index contributed by atoms with van der Waals surface area (Å²) < 4.78 is 71.4. The van der Waals surface area contributed by atoms with Crippen LogP contribution in [-0.2, 0) is 27.6 Å². The van der Waals surface area contributed by atoms with Crippen molar-refractivity contribution in [2.75, 3.05) is 24.5 Å². The minimum atomic E-state index is -4.70. The van der Waals surface area contributed by atoms with Crippen molar-refractivity contribution >= 4 is 21.7 Å². The second-order valence-corrected chi connectivity index (χ2v) is 11.3. The van der Waals surface area contributed by atoms with Crippen LogP contribution in [0.4, 0.5) is 18.9 Å². The molecule has 2 aromatic carbocycles. The number of alkyl halides is 3. The summed E-state index contributed by atoms with van der Waals surface area (Å²) in [6.45, 7) is 9.87. The van der Waals surface area contributed by atoms with E-state index < -0.39 is 26.8 Å². The fraction of sp³-hybridized carbons (Fsp3) is 0.519. The number of benzene rings is 2. The van der Waals surface area contributed by atoms with E-state index >= 15 is 0 Å². The lowest BCUT2D eigenvalue weighted by Gasteiger charge is -2.33. The average Bonchev–Trinajstić information content (AvgIpc) is 2.78. The minimum Gasteiger partial charge on any atom is -0.379 e. The molecule has 0 radical (unpaired) electrons. The lowest BCUT2D eigenvalue weighted by molar-refractivity contribution is -0.139. The molecule has 3 rings (SSSR count). The molecular weight excluding hydrogens is 505 g/mol. The summed E-state index contributed by atoms with van der Waals surface area (Å²) >= 11 is 0. The van der Waals surface area contributed by atoms with Crippen molar-refractivity contribution in [3.05, 3.63) is 53.6 Å². The van der Waals surface area contributed by atoms with Crippen molar-refractivity contribution in [2.45, 2.75) is 64.6 Å². The highest BCUT2D eigenvalue weighted by Crippen LogP contribution is 2.34. The van der Waals surface area contributed by atoms with Gasteiger partial charge < -0.3 is 14.0 Å². The molecule has 0 bridgehead atoms. The number of hydrogen-bond acceptors (Lipinski definition) is 5. The highest BCUT2D eigenvalue weighted by atomic mass is 32.2. The Hall–Kier alpha value is -2.75. The molecule has 10 heteroatoms. The number of halogens is 3. The molecule has 204 valence electrons. The van der Waals surface area contributed by atoms with Crippen LogP contribution < -0.4 is 9.08 Å². The van der Waals surface area contributed by atoms with E-state index in [0.29, 0.717) is 37.0 Å². The van der Waals surface area contributed by atoms with Crippen molar-refractivity contribution in [3.8, 4) is 5.75 Å². The van der Waals surface area contributed by atoms with Crippen LogP contribution in [0.1, 0.15) is 58.1 Å². The third-order valence-corrected chi connectivity index (χ3v) is 7.77. The summed E-state index contributed by atoms with van der Waals surface area (Å²) in [7, 11) is -4.59. The standard InChI is InChI=1S/C27H35F3N2O4S/c1-5-31(6-2)23-14-13-21(18-32(17-19(3)4)26(33)20-9-7-10-20)25(16-23)36-37(34,35)24-12-8-11-22(15-24)27(28,29)30/h8,11-16,19-20H,5-7,9-10,17-18H2,1-4H3. The molecule has 1 fully saturated rings. The fourth-order valence-electron chi connectivity index (χ4n) is 4.32. The fourth-order valence-corrected chi connectivity index (χ4v) is 5.33. The van der Waals surface area contributed by atoms with Crippen molar-refractivity contribution < 1.29 is 30.6 Å². The quantitative estimate of drug-likeness (QED) is 0.322. The Labute approximate surface area is 217 Å². The smallest absolute Gasteiger partial charge is 0.379 e. The number of hydrogen-bond donors (Lipinski definition) is 0. The van der Waals surface area contributed by atoms with E-state index in [9.17, 15) is 26.4 Å². The molecular formula is C27H35F3N2O4S. The van der Waals surface area contributed by atoms with E-state index in [1.807, 2.05) is 38.7 Å². The Morgan fingerprint density at radius 2 is 1.76 bits per heavy atom. The number of amides is 1. The molecule has 6 nitrogen and oxygen atoms in total. The average molecular weight is 541 g/mol. The minimum absolute atomic E-state index is 0.00280. The molecule has 1 aliphatic carbocycles. The number of carbonyl (C=O) groups is 1. The van der Waals surface area contributed by atoms with Gasteiger partial charge in [0.15, 0.2) is 0 Å². The molecule has 1 saturated carbocycles. The van der Waals surface area contributed by atoms with Gasteiger partial charge >= 0.3 is 16.3 Å². The number of nitrogens with zero attached hydrogens (tertiary/aromatic N) is 2. The molecule has 0 unspecified atom stereocenters. The predicted molar refractivity (Wildman–Crippen MR) is 137 cm³/mol. The summed E-state index contributed by atoms with van der Waals surface area (Å²) in [5.74, 6) is 0.181. The molecule has 2 aromatic rings. The van der Waals surface area contributed by atoms with Crippen molar-refractivity contribution in [1.82, 2.24) is 4.90 Å². The molecule has 1 amide bonds. The van der Waals surface area contributed by atoms with E-state index in [1.54, 1.807) is 17.0 Å².